The second-order valence-electron chi connectivity index (χ2n) is 4.63. The van der Waals surface area contributed by atoms with E-state index in [1.807, 2.05) is 0 Å². The van der Waals surface area contributed by atoms with Gasteiger partial charge in [-0.2, -0.15) is 0 Å². The summed E-state index contributed by atoms with van der Waals surface area (Å²) in [6.07, 6.45) is 1.10. The van der Waals surface area contributed by atoms with Gasteiger partial charge in [-0.1, -0.05) is 19.1 Å². The van der Waals surface area contributed by atoms with Crippen LogP contribution >= 0.6 is 0 Å². The second-order valence-corrected chi connectivity index (χ2v) is 6.39. The Bertz CT molecular complexity index is 481. The Morgan fingerprint density at radius 3 is 2.41 bits per heavy atom. The van der Waals surface area contributed by atoms with Crippen molar-refractivity contribution in [2.24, 2.45) is 11.8 Å². The molecule has 0 radical (unpaired) electrons. The number of rotatable bonds is 5. The fraction of sp³-hybridized carbons (Fsp3) is 0.500. The van der Waals surface area contributed by atoms with E-state index in [4.69, 9.17) is 5.11 Å². The molecule has 1 aliphatic rings. The summed E-state index contributed by atoms with van der Waals surface area (Å²) in [6, 6.07) is 6.27. The van der Waals surface area contributed by atoms with Gasteiger partial charge in [0.15, 0.2) is 0 Å². The zero-order chi connectivity index (χ0) is 12.5. The van der Waals surface area contributed by atoms with Crippen LogP contribution in [0.3, 0.4) is 0 Å². The SMILES string of the molecule is CC1CC1CNS(=O)(=O)c1ccc(CO)cc1. The van der Waals surface area contributed by atoms with Crippen LogP contribution in [-0.4, -0.2) is 20.1 Å². The van der Waals surface area contributed by atoms with Crippen LogP contribution in [0.25, 0.3) is 0 Å². The molecule has 1 fully saturated rings. The Hall–Kier alpha value is -0.910. The number of benzene rings is 1. The Labute approximate surface area is 102 Å². The van der Waals surface area contributed by atoms with Crippen LogP contribution in [0.15, 0.2) is 29.2 Å². The molecule has 94 valence electrons. The van der Waals surface area contributed by atoms with Crippen LogP contribution in [0.2, 0.25) is 0 Å². The highest BCUT2D eigenvalue weighted by atomic mass is 32.2. The van der Waals surface area contributed by atoms with E-state index in [2.05, 4.69) is 11.6 Å². The third-order valence-electron chi connectivity index (χ3n) is 3.23. The summed E-state index contributed by atoms with van der Waals surface area (Å²) in [4.78, 5) is 0.253. The van der Waals surface area contributed by atoms with E-state index in [1.54, 1.807) is 12.1 Å². The standard InChI is InChI=1S/C12H17NO3S/c1-9-6-11(9)7-13-17(15,16)12-4-2-10(8-14)3-5-12/h2-5,9,11,13-14H,6-8H2,1H3. The molecule has 1 saturated carbocycles. The van der Waals surface area contributed by atoms with Crippen molar-refractivity contribution in [2.45, 2.75) is 24.8 Å². The zero-order valence-electron chi connectivity index (χ0n) is 9.76. The summed E-state index contributed by atoms with van der Waals surface area (Å²) in [5.74, 6) is 1.12. The van der Waals surface area contributed by atoms with Crippen molar-refractivity contribution in [3.8, 4) is 0 Å². The highest BCUT2D eigenvalue weighted by Gasteiger charge is 2.33. The Morgan fingerprint density at radius 2 is 1.94 bits per heavy atom. The lowest BCUT2D eigenvalue weighted by atomic mass is 10.2. The van der Waals surface area contributed by atoms with Gasteiger partial charge in [0.05, 0.1) is 11.5 Å². The second kappa shape index (κ2) is 4.76. The van der Waals surface area contributed by atoms with E-state index < -0.39 is 10.0 Å². The number of aliphatic hydroxyl groups is 1. The lowest BCUT2D eigenvalue weighted by molar-refractivity contribution is 0.282. The van der Waals surface area contributed by atoms with Gasteiger partial charge >= 0.3 is 0 Å². The molecule has 4 nitrogen and oxygen atoms in total. The van der Waals surface area contributed by atoms with Gasteiger partial charge < -0.3 is 5.11 Å². The fourth-order valence-electron chi connectivity index (χ4n) is 1.76. The maximum atomic E-state index is 11.9. The summed E-state index contributed by atoms with van der Waals surface area (Å²) in [6.45, 7) is 2.56. The van der Waals surface area contributed by atoms with E-state index in [1.165, 1.54) is 12.1 Å². The predicted molar refractivity (Wildman–Crippen MR) is 64.8 cm³/mol. The minimum atomic E-state index is -3.40. The fourth-order valence-corrected chi connectivity index (χ4v) is 2.85. The molecule has 2 unspecified atom stereocenters. The number of aliphatic hydroxyl groups excluding tert-OH is 1. The minimum absolute atomic E-state index is 0.0760. The molecule has 0 aliphatic heterocycles. The maximum absolute atomic E-state index is 11.9. The molecule has 0 aromatic heterocycles. The summed E-state index contributed by atoms with van der Waals surface area (Å²) in [7, 11) is -3.40. The third kappa shape index (κ3) is 3.06. The van der Waals surface area contributed by atoms with E-state index in [-0.39, 0.29) is 11.5 Å². The average Bonchev–Trinajstić information content (AvgIpc) is 3.03. The summed E-state index contributed by atoms with van der Waals surface area (Å²) >= 11 is 0. The Balaban J connectivity index is 2.02. The number of nitrogens with one attached hydrogen (secondary N) is 1. The van der Waals surface area contributed by atoms with Gasteiger partial charge in [0.1, 0.15) is 0 Å². The molecule has 17 heavy (non-hydrogen) atoms. The predicted octanol–water partition coefficient (Wildman–Crippen LogP) is 1.11. The first kappa shape index (κ1) is 12.5. The van der Waals surface area contributed by atoms with Crippen LogP contribution in [0.5, 0.6) is 0 Å². The Kier molecular flexibility index (Phi) is 3.51. The molecule has 5 heteroatoms. The van der Waals surface area contributed by atoms with Crippen molar-refractivity contribution in [3.05, 3.63) is 29.8 Å². The van der Waals surface area contributed by atoms with Crippen molar-refractivity contribution in [2.75, 3.05) is 6.54 Å². The van der Waals surface area contributed by atoms with E-state index >= 15 is 0 Å². The zero-order valence-corrected chi connectivity index (χ0v) is 10.6. The third-order valence-corrected chi connectivity index (χ3v) is 4.67. The Morgan fingerprint density at radius 1 is 1.35 bits per heavy atom. The molecule has 0 heterocycles. The average molecular weight is 255 g/mol. The largest absolute Gasteiger partial charge is 0.392 e. The molecule has 0 amide bonds. The topological polar surface area (TPSA) is 66.4 Å². The molecule has 1 aliphatic carbocycles. The molecule has 0 bridgehead atoms. The molecule has 0 spiro atoms. The summed E-state index contributed by atoms with van der Waals surface area (Å²) in [5.41, 5.74) is 0.708. The van der Waals surface area contributed by atoms with Gasteiger partial charge in [-0.05, 0) is 36.0 Å². The lowest BCUT2D eigenvalue weighted by Gasteiger charge is -2.06. The smallest absolute Gasteiger partial charge is 0.240 e. The summed E-state index contributed by atoms with van der Waals surface area (Å²) in [5, 5.41) is 8.88. The van der Waals surface area contributed by atoms with Crippen molar-refractivity contribution < 1.29 is 13.5 Å². The van der Waals surface area contributed by atoms with Gasteiger partial charge in [0.2, 0.25) is 10.0 Å². The first-order chi connectivity index (χ1) is 8.03. The van der Waals surface area contributed by atoms with Gasteiger partial charge in [-0.15, -0.1) is 0 Å². The van der Waals surface area contributed by atoms with Crippen molar-refractivity contribution in [3.63, 3.8) is 0 Å². The molecule has 0 saturated heterocycles. The van der Waals surface area contributed by atoms with Gasteiger partial charge in [0.25, 0.3) is 0 Å². The molecular formula is C12H17NO3S. The first-order valence-electron chi connectivity index (χ1n) is 5.72. The normalized spacial score (nSPS) is 23.6. The van der Waals surface area contributed by atoms with Gasteiger partial charge in [-0.25, -0.2) is 13.1 Å². The van der Waals surface area contributed by atoms with Crippen molar-refractivity contribution >= 4 is 10.0 Å². The van der Waals surface area contributed by atoms with Crippen LogP contribution in [0, 0.1) is 11.8 Å². The van der Waals surface area contributed by atoms with Gasteiger partial charge in [0, 0.05) is 6.54 Å². The van der Waals surface area contributed by atoms with E-state index in [0.29, 0.717) is 23.9 Å². The molecule has 2 N–H and O–H groups in total. The molecular weight excluding hydrogens is 238 g/mol. The van der Waals surface area contributed by atoms with Crippen LogP contribution in [-0.2, 0) is 16.6 Å². The number of sulfonamides is 1. The minimum Gasteiger partial charge on any atom is -0.392 e. The van der Waals surface area contributed by atoms with Crippen molar-refractivity contribution in [1.82, 2.24) is 4.72 Å². The summed E-state index contributed by atoms with van der Waals surface area (Å²) < 4.78 is 26.4. The van der Waals surface area contributed by atoms with Crippen molar-refractivity contribution in [1.29, 1.82) is 0 Å². The molecule has 1 aromatic carbocycles. The van der Waals surface area contributed by atoms with E-state index in [9.17, 15) is 8.42 Å². The highest BCUT2D eigenvalue weighted by Crippen LogP contribution is 2.37. The highest BCUT2D eigenvalue weighted by molar-refractivity contribution is 7.89. The maximum Gasteiger partial charge on any atom is 0.240 e. The number of hydrogen-bond donors (Lipinski definition) is 2. The lowest BCUT2D eigenvalue weighted by Crippen LogP contribution is -2.26. The monoisotopic (exact) mass is 255 g/mol. The van der Waals surface area contributed by atoms with Crippen LogP contribution in [0.1, 0.15) is 18.9 Å². The van der Waals surface area contributed by atoms with Crippen LogP contribution < -0.4 is 4.72 Å². The molecule has 2 rings (SSSR count). The molecule has 1 aromatic rings. The quantitative estimate of drug-likeness (QED) is 0.828. The number of hydrogen-bond acceptors (Lipinski definition) is 3. The van der Waals surface area contributed by atoms with Gasteiger partial charge in [-0.3, -0.25) is 0 Å². The van der Waals surface area contributed by atoms with E-state index in [0.717, 1.165) is 6.42 Å². The first-order valence-corrected chi connectivity index (χ1v) is 7.20. The van der Waals surface area contributed by atoms with Crippen LogP contribution in [0.4, 0.5) is 0 Å². The molecule has 2 atom stereocenters.